The van der Waals surface area contributed by atoms with Crippen LogP contribution in [0.25, 0.3) is 0 Å². The van der Waals surface area contributed by atoms with Gasteiger partial charge in [-0.05, 0) is 31.2 Å². The summed E-state index contributed by atoms with van der Waals surface area (Å²) in [7, 11) is -4.19. The van der Waals surface area contributed by atoms with Crippen molar-refractivity contribution in [2.24, 2.45) is 0 Å². The maximum absolute atomic E-state index is 13.1. The lowest BCUT2D eigenvalue weighted by atomic mass is 10.2. The number of anilines is 1. The summed E-state index contributed by atoms with van der Waals surface area (Å²) in [6.07, 6.45) is 0. The summed E-state index contributed by atoms with van der Waals surface area (Å²) in [5, 5.41) is 10.8. The molecule has 22 heavy (non-hydrogen) atoms. The maximum Gasteiger partial charge on any atom is 0.274 e. The number of aryl methyl sites for hydroxylation is 1. The van der Waals surface area contributed by atoms with Crippen LogP contribution in [-0.2, 0) is 10.0 Å². The van der Waals surface area contributed by atoms with E-state index in [1.807, 2.05) is 0 Å². The fourth-order valence-electron chi connectivity index (χ4n) is 1.73. The lowest BCUT2D eigenvalue weighted by Crippen LogP contribution is -2.13. The highest BCUT2D eigenvalue weighted by Gasteiger charge is 2.19. The van der Waals surface area contributed by atoms with E-state index in [0.717, 1.165) is 12.1 Å². The Hall–Kier alpha value is -2.55. The van der Waals surface area contributed by atoms with Crippen molar-refractivity contribution < 1.29 is 22.1 Å². The van der Waals surface area contributed by atoms with Crippen LogP contribution in [0.2, 0.25) is 0 Å². The molecule has 0 saturated heterocycles. The molecule has 0 aliphatic heterocycles. The molecule has 2 aromatic carbocycles. The van der Waals surface area contributed by atoms with Gasteiger partial charge in [0.05, 0.1) is 15.5 Å². The molecule has 0 unspecified atom stereocenters. The molecule has 0 amide bonds. The topological polar surface area (TPSA) is 89.3 Å². The number of nitro benzene ring substituents is 1. The molecular weight excluding hydrogens is 318 g/mol. The molecule has 0 bridgehead atoms. The molecule has 9 heteroatoms. The van der Waals surface area contributed by atoms with E-state index in [0.29, 0.717) is 17.7 Å². The molecule has 1 N–H and O–H groups in total. The second-order valence-electron chi connectivity index (χ2n) is 4.44. The first kappa shape index (κ1) is 15.8. The Kier molecular flexibility index (Phi) is 4.09. The van der Waals surface area contributed by atoms with E-state index < -0.39 is 31.5 Å². The first-order chi connectivity index (χ1) is 10.2. The van der Waals surface area contributed by atoms with Gasteiger partial charge in [0.1, 0.15) is 0 Å². The Labute approximate surface area is 124 Å². The zero-order valence-electron chi connectivity index (χ0n) is 11.2. The number of halogens is 2. The lowest BCUT2D eigenvalue weighted by Gasteiger charge is -2.09. The Morgan fingerprint density at radius 2 is 1.77 bits per heavy atom. The Bertz CT molecular complexity index is 853. The third-order valence-corrected chi connectivity index (χ3v) is 4.24. The Morgan fingerprint density at radius 3 is 2.36 bits per heavy atom. The highest BCUT2D eigenvalue weighted by Crippen LogP contribution is 2.24. The number of nitrogens with one attached hydrogen (secondary N) is 1. The predicted octanol–water partition coefficient (Wildman–Crippen LogP) is 2.98. The van der Waals surface area contributed by atoms with E-state index in [4.69, 9.17) is 0 Å². The fraction of sp³-hybridized carbons (Fsp3) is 0.0769. The van der Waals surface area contributed by atoms with Gasteiger partial charge in [0, 0.05) is 11.6 Å². The van der Waals surface area contributed by atoms with Gasteiger partial charge in [0.25, 0.3) is 15.7 Å². The first-order valence-corrected chi connectivity index (χ1v) is 7.42. The molecule has 0 atom stereocenters. The largest absolute Gasteiger partial charge is 0.279 e. The van der Waals surface area contributed by atoms with Crippen LogP contribution in [0, 0.1) is 28.7 Å². The van der Waals surface area contributed by atoms with Crippen LogP contribution in [0.3, 0.4) is 0 Å². The number of rotatable bonds is 4. The van der Waals surface area contributed by atoms with Crippen LogP contribution in [0.15, 0.2) is 41.3 Å². The number of hydrogen-bond donors (Lipinski definition) is 1. The molecule has 0 heterocycles. The van der Waals surface area contributed by atoms with E-state index in [2.05, 4.69) is 4.72 Å². The second kappa shape index (κ2) is 5.68. The average Bonchev–Trinajstić information content (AvgIpc) is 2.43. The minimum atomic E-state index is -4.19. The SMILES string of the molecule is Cc1ccc(NS(=O)(=O)c2ccc(F)c(F)c2)cc1[N+](=O)[O-]. The van der Waals surface area contributed by atoms with E-state index >= 15 is 0 Å². The van der Waals surface area contributed by atoms with Crippen molar-refractivity contribution in [3.8, 4) is 0 Å². The zero-order valence-corrected chi connectivity index (χ0v) is 12.0. The number of benzene rings is 2. The van der Waals surface area contributed by atoms with E-state index in [1.54, 1.807) is 0 Å². The van der Waals surface area contributed by atoms with Gasteiger partial charge in [-0.2, -0.15) is 0 Å². The monoisotopic (exact) mass is 328 g/mol. The quantitative estimate of drug-likeness (QED) is 0.690. The smallest absolute Gasteiger partial charge is 0.274 e. The zero-order chi connectivity index (χ0) is 16.5. The van der Waals surface area contributed by atoms with Crippen molar-refractivity contribution in [2.75, 3.05) is 4.72 Å². The van der Waals surface area contributed by atoms with Gasteiger partial charge in [-0.15, -0.1) is 0 Å². The summed E-state index contributed by atoms with van der Waals surface area (Å²) in [5.41, 5.74) is 0.0493. The third kappa shape index (κ3) is 3.19. The molecule has 0 fully saturated rings. The minimum absolute atomic E-state index is 0.0537. The minimum Gasteiger partial charge on any atom is -0.279 e. The van der Waals surface area contributed by atoms with Crippen LogP contribution < -0.4 is 4.72 Å². The van der Waals surface area contributed by atoms with Crippen molar-refractivity contribution in [2.45, 2.75) is 11.8 Å². The maximum atomic E-state index is 13.1. The van der Waals surface area contributed by atoms with Crippen molar-refractivity contribution in [3.05, 3.63) is 63.7 Å². The summed E-state index contributed by atoms with van der Waals surface area (Å²) < 4.78 is 52.2. The second-order valence-corrected chi connectivity index (χ2v) is 6.12. The van der Waals surface area contributed by atoms with Crippen LogP contribution in [0.5, 0.6) is 0 Å². The summed E-state index contributed by atoms with van der Waals surface area (Å²) in [4.78, 5) is 9.69. The van der Waals surface area contributed by atoms with Crippen LogP contribution in [-0.4, -0.2) is 13.3 Å². The van der Waals surface area contributed by atoms with Gasteiger partial charge in [0.2, 0.25) is 0 Å². The van der Waals surface area contributed by atoms with Gasteiger partial charge in [-0.25, -0.2) is 17.2 Å². The summed E-state index contributed by atoms with van der Waals surface area (Å²) in [5.74, 6) is -2.48. The molecule has 6 nitrogen and oxygen atoms in total. The van der Waals surface area contributed by atoms with Gasteiger partial charge < -0.3 is 0 Å². The number of nitrogens with zero attached hydrogens (tertiary/aromatic N) is 1. The highest BCUT2D eigenvalue weighted by atomic mass is 32.2. The van der Waals surface area contributed by atoms with Crippen molar-refractivity contribution >= 4 is 21.4 Å². The number of hydrogen-bond acceptors (Lipinski definition) is 4. The Morgan fingerprint density at radius 1 is 1.09 bits per heavy atom. The molecule has 0 aromatic heterocycles. The lowest BCUT2D eigenvalue weighted by molar-refractivity contribution is -0.385. The molecule has 0 aliphatic rings. The summed E-state index contributed by atoms with van der Waals surface area (Å²) in [6, 6.07) is 5.86. The first-order valence-electron chi connectivity index (χ1n) is 5.93. The van der Waals surface area contributed by atoms with E-state index in [1.165, 1.54) is 19.1 Å². The summed E-state index contributed by atoms with van der Waals surface area (Å²) in [6.45, 7) is 1.51. The van der Waals surface area contributed by atoms with Gasteiger partial charge in [-0.1, -0.05) is 6.07 Å². The van der Waals surface area contributed by atoms with Crippen molar-refractivity contribution in [1.29, 1.82) is 0 Å². The molecular formula is C13H10F2N2O4S. The van der Waals surface area contributed by atoms with Crippen molar-refractivity contribution in [3.63, 3.8) is 0 Å². The molecule has 0 radical (unpaired) electrons. The predicted molar refractivity (Wildman–Crippen MR) is 75.0 cm³/mol. The Balaban J connectivity index is 2.38. The third-order valence-electron chi connectivity index (χ3n) is 2.86. The molecule has 2 aromatic rings. The van der Waals surface area contributed by atoms with Crippen molar-refractivity contribution in [1.82, 2.24) is 0 Å². The molecule has 0 saturated carbocycles. The average molecular weight is 328 g/mol. The van der Waals surface area contributed by atoms with Gasteiger partial charge >= 0.3 is 0 Å². The molecule has 116 valence electrons. The summed E-state index contributed by atoms with van der Waals surface area (Å²) >= 11 is 0. The van der Waals surface area contributed by atoms with Gasteiger partial charge in [0.15, 0.2) is 11.6 Å². The number of nitro groups is 1. The standard InChI is InChI=1S/C13H10F2N2O4S/c1-8-2-3-9(6-13(8)17(18)19)16-22(20,21)10-4-5-11(14)12(15)7-10/h2-7,16H,1H3. The van der Waals surface area contributed by atoms with Crippen LogP contribution in [0.1, 0.15) is 5.56 Å². The molecule has 0 spiro atoms. The number of sulfonamides is 1. The normalized spacial score (nSPS) is 11.2. The highest BCUT2D eigenvalue weighted by molar-refractivity contribution is 7.92. The van der Waals surface area contributed by atoms with Gasteiger partial charge in [-0.3, -0.25) is 14.8 Å². The van der Waals surface area contributed by atoms with Crippen LogP contribution >= 0.6 is 0 Å². The molecule has 2 rings (SSSR count). The van der Waals surface area contributed by atoms with Crippen LogP contribution in [0.4, 0.5) is 20.2 Å². The van der Waals surface area contributed by atoms with E-state index in [9.17, 15) is 27.3 Å². The van der Waals surface area contributed by atoms with E-state index in [-0.39, 0.29) is 11.4 Å². The molecule has 0 aliphatic carbocycles. The fourth-order valence-corrected chi connectivity index (χ4v) is 2.79.